The molecule has 0 atom stereocenters. The van der Waals surface area contributed by atoms with E-state index in [9.17, 15) is 19.5 Å². The second-order valence-electron chi connectivity index (χ2n) is 5.04. The van der Waals surface area contributed by atoms with Crippen molar-refractivity contribution in [1.82, 2.24) is 4.90 Å². The van der Waals surface area contributed by atoms with E-state index in [4.69, 9.17) is 10.8 Å². The van der Waals surface area contributed by atoms with Gasteiger partial charge < -0.3 is 14.3 Å². The van der Waals surface area contributed by atoms with E-state index >= 15 is 0 Å². The molecule has 7 heteroatoms. The van der Waals surface area contributed by atoms with Gasteiger partial charge in [0.1, 0.15) is 11.5 Å². The highest BCUT2D eigenvalue weighted by atomic mass is 32.2. The first-order chi connectivity index (χ1) is 12.0. The number of carboxylic acids is 1. The monoisotopic (exact) mass is 352 g/mol. The number of imide groups is 1. The molecule has 0 unspecified atom stereocenters. The molecular formula is C18H10NO5S-. The van der Waals surface area contributed by atoms with Gasteiger partial charge in [-0.25, -0.2) is 0 Å². The van der Waals surface area contributed by atoms with Crippen molar-refractivity contribution < 1.29 is 23.9 Å². The van der Waals surface area contributed by atoms with Crippen molar-refractivity contribution in [2.45, 2.75) is 0 Å². The summed E-state index contributed by atoms with van der Waals surface area (Å²) in [4.78, 5) is 36.0. The molecule has 1 fully saturated rings. The summed E-state index contributed by atoms with van der Waals surface area (Å²) < 4.78 is 5.62. The van der Waals surface area contributed by atoms with E-state index in [1.165, 1.54) is 18.2 Å². The summed E-state index contributed by atoms with van der Waals surface area (Å²) >= 11 is 0.785. The number of amides is 2. The normalized spacial score (nSPS) is 15.6. The molecule has 0 aliphatic carbocycles. The molecule has 3 rings (SSSR count). The topological polar surface area (TPSA) is 90.7 Å². The maximum absolute atomic E-state index is 12.1. The minimum Gasteiger partial charge on any atom is -0.545 e. The first-order valence-corrected chi connectivity index (χ1v) is 7.91. The molecule has 0 bridgehead atoms. The van der Waals surface area contributed by atoms with Crippen molar-refractivity contribution in [3.05, 3.63) is 52.6 Å². The second kappa shape index (κ2) is 6.71. The molecule has 6 nitrogen and oxygen atoms in total. The Labute approximate surface area is 147 Å². The minimum absolute atomic E-state index is 0.0332. The Kier molecular flexibility index (Phi) is 4.46. The lowest BCUT2D eigenvalue weighted by Gasteiger charge is -2.06. The Hall–Kier alpha value is -3.24. The highest BCUT2D eigenvalue weighted by Gasteiger charge is 2.34. The average Bonchev–Trinajstić information content (AvgIpc) is 3.16. The van der Waals surface area contributed by atoms with Gasteiger partial charge in [0, 0.05) is 11.6 Å². The van der Waals surface area contributed by atoms with Crippen LogP contribution in [0.25, 0.3) is 17.4 Å². The molecule has 1 aromatic heterocycles. The summed E-state index contributed by atoms with van der Waals surface area (Å²) in [6, 6.07) is 9.38. The number of hydrogen-bond acceptors (Lipinski definition) is 6. The number of carbonyl (C=O) groups is 3. The molecule has 1 saturated heterocycles. The second-order valence-corrected chi connectivity index (χ2v) is 6.04. The van der Waals surface area contributed by atoms with E-state index in [1.807, 2.05) is 0 Å². The number of carboxylic acid groups (broad SMARTS) is 1. The van der Waals surface area contributed by atoms with Crippen molar-refractivity contribution in [2.24, 2.45) is 0 Å². The van der Waals surface area contributed by atoms with Crippen LogP contribution in [0, 0.1) is 12.3 Å². The zero-order valence-electron chi connectivity index (χ0n) is 12.7. The van der Waals surface area contributed by atoms with E-state index in [1.54, 1.807) is 24.3 Å². The highest BCUT2D eigenvalue weighted by Crippen LogP contribution is 2.33. The molecule has 0 radical (unpaired) electrons. The van der Waals surface area contributed by atoms with Gasteiger partial charge in [-0.05, 0) is 35.5 Å². The van der Waals surface area contributed by atoms with Crippen molar-refractivity contribution in [2.75, 3.05) is 6.54 Å². The summed E-state index contributed by atoms with van der Waals surface area (Å²) in [5, 5.41) is 10.5. The summed E-state index contributed by atoms with van der Waals surface area (Å²) in [5.74, 6) is 1.30. The van der Waals surface area contributed by atoms with Gasteiger partial charge in [0.15, 0.2) is 0 Å². The Morgan fingerprint density at radius 3 is 2.84 bits per heavy atom. The number of benzene rings is 1. The maximum Gasteiger partial charge on any atom is 0.294 e. The molecule has 1 aliphatic heterocycles. The number of terminal acetylenes is 1. The first kappa shape index (κ1) is 16.6. The Balaban J connectivity index is 1.87. The first-order valence-electron chi connectivity index (χ1n) is 7.10. The zero-order valence-corrected chi connectivity index (χ0v) is 13.5. The predicted molar refractivity (Wildman–Crippen MR) is 90.0 cm³/mol. The summed E-state index contributed by atoms with van der Waals surface area (Å²) in [6.07, 6.45) is 6.59. The van der Waals surface area contributed by atoms with Crippen LogP contribution in [0.15, 0.2) is 45.7 Å². The highest BCUT2D eigenvalue weighted by molar-refractivity contribution is 8.18. The summed E-state index contributed by atoms with van der Waals surface area (Å²) in [6.45, 7) is -0.0819. The molecule has 0 N–H and O–H groups in total. The minimum atomic E-state index is -1.28. The van der Waals surface area contributed by atoms with Gasteiger partial charge in [-0.2, -0.15) is 0 Å². The van der Waals surface area contributed by atoms with Crippen molar-refractivity contribution >= 4 is 35.0 Å². The largest absolute Gasteiger partial charge is 0.545 e. The molecule has 2 amide bonds. The Bertz CT molecular complexity index is 950. The molecular weight excluding hydrogens is 342 g/mol. The van der Waals surface area contributed by atoms with Crippen LogP contribution < -0.4 is 5.11 Å². The fourth-order valence-corrected chi connectivity index (χ4v) is 3.06. The summed E-state index contributed by atoms with van der Waals surface area (Å²) in [5.41, 5.74) is 0.590. The lowest BCUT2D eigenvalue weighted by molar-refractivity contribution is -0.255. The molecule has 2 heterocycles. The van der Waals surface area contributed by atoms with Crippen LogP contribution in [0.3, 0.4) is 0 Å². The number of furan rings is 1. The molecule has 0 saturated carbocycles. The van der Waals surface area contributed by atoms with Gasteiger partial charge in [0.25, 0.3) is 11.1 Å². The third-order valence-electron chi connectivity index (χ3n) is 3.41. The van der Waals surface area contributed by atoms with Gasteiger partial charge in [0.05, 0.1) is 17.4 Å². The van der Waals surface area contributed by atoms with E-state index in [0.29, 0.717) is 17.1 Å². The van der Waals surface area contributed by atoms with E-state index in [2.05, 4.69) is 5.92 Å². The molecule has 124 valence electrons. The van der Waals surface area contributed by atoms with Crippen LogP contribution in [0.2, 0.25) is 0 Å². The van der Waals surface area contributed by atoms with E-state index in [-0.39, 0.29) is 17.0 Å². The molecule has 25 heavy (non-hydrogen) atoms. The van der Waals surface area contributed by atoms with E-state index in [0.717, 1.165) is 16.7 Å². The van der Waals surface area contributed by atoms with Gasteiger partial charge in [-0.15, -0.1) is 6.42 Å². The standard InChI is InChI=1S/C18H11NO5S/c1-2-8-19-16(20)15(25-18(19)23)10-13-6-7-14(24-13)11-4-3-5-12(9-11)17(21)22/h1,3-7,9-10H,8H2,(H,21,22)/p-1/b15-10-. The molecule has 2 aromatic rings. The number of rotatable bonds is 4. The lowest BCUT2D eigenvalue weighted by Crippen LogP contribution is -2.28. The maximum atomic E-state index is 12.1. The zero-order chi connectivity index (χ0) is 18.0. The molecule has 0 spiro atoms. The van der Waals surface area contributed by atoms with Crippen LogP contribution >= 0.6 is 11.8 Å². The third-order valence-corrected chi connectivity index (χ3v) is 4.31. The number of carbonyl (C=O) groups excluding carboxylic acids is 3. The SMILES string of the molecule is C#CCN1C(=O)S/C(=C\c2ccc(-c3cccc(C(=O)[O-])c3)o2)C1=O. The van der Waals surface area contributed by atoms with Gasteiger partial charge in [0.2, 0.25) is 0 Å². The lowest BCUT2D eigenvalue weighted by atomic mass is 10.1. The number of hydrogen-bond donors (Lipinski definition) is 0. The Morgan fingerprint density at radius 2 is 2.12 bits per heavy atom. The average molecular weight is 352 g/mol. The van der Waals surface area contributed by atoms with Crippen LogP contribution in [-0.2, 0) is 4.79 Å². The molecule has 1 aromatic carbocycles. The number of nitrogens with zero attached hydrogens (tertiary/aromatic N) is 1. The van der Waals surface area contributed by atoms with Crippen molar-refractivity contribution in [1.29, 1.82) is 0 Å². The third kappa shape index (κ3) is 3.34. The van der Waals surface area contributed by atoms with Gasteiger partial charge in [-0.3, -0.25) is 14.5 Å². The van der Waals surface area contributed by atoms with Crippen molar-refractivity contribution in [3.8, 4) is 23.7 Å². The number of aromatic carboxylic acids is 1. The molecule has 1 aliphatic rings. The van der Waals surface area contributed by atoms with Crippen LogP contribution in [0.5, 0.6) is 0 Å². The van der Waals surface area contributed by atoms with Gasteiger partial charge in [-0.1, -0.05) is 24.1 Å². The quantitative estimate of drug-likeness (QED) is 0.617. The predicted octanol–water partition coefficient (Wildman–Crippen LogP) is 1.98. The number of thioether (sulfide) groups is 1. The summed E-state index contributed by atoms with van der Waals surface area (Å²) in [7, 11) is 0. The fraction of sp³-hybridized carbons (Fsp3) is 0.0556. The fourth-order valence-electron chi connectivity index (χ4n) is 2.24. The van der Waals surface area contributed by atoms with Crippen LogP contribution in [-0.4, -0.2) is 28.6 Å². The van der Waals surface area contributed by atoms with Crippen LogP contribution in [0.1, 0.15) is 16.1 Å². The van der Waals surface area contributed by atoms with E-state index < -0.39 is 17.1 Å². The van der Waals surface area contributed by atoms with Crippen LogP contribution in [0.4, 0.5) is 4.79 Å². The smallest absolute Gasteiger partial charge is 0.294 e. The van der Waals surface area contributed by atoms with Crippen molar-refractivity contribution in [3.63, 3.8) is 0 Å². The van der Waals surface area contributed by atoms with Gasteiger partial charge >= 0.3 is 0 Å². The Morgan fingerprint density at radius 1 is 1.32 bits per heavy atom.